The van der Waals surface area contributed by atoms with Gasteiger partial charge in [0.15, 0.2) is 11.0 Å². The number of aromatic nitrogens is 1. The molecule has 1 aromatic rings. The number of nitrogens with zero attached hydrogens (tertiary/aromatic N) is 2. The third-order valence-corrected chi connectivity index (χ3v) is 4.33. The average Bonchev–Trinajstić information content (AvgIpc) is 2.42. The molecule has 0 unspecified atom stereocenters. The minimum atomic E-state index is -0.484. The highest BCUT2D eigenvalue weighted by molar-refractivity contribution is 6.29. The van der Waals surface area contributed by atoms with Crippen molar-refractivity contribution in [1.29, 1.82) is 0 Å². The van der Waals surface area contributed by atoms with Crippen molar-refractivity contribution in [2.24, 2.45) is 0 Å². The van der Waals surface area contributed by atoms with Gasteiger partial charge in [0.2, 0.25) is 0 Å². The maximum atomic E-state index is 13.6. The highest BCUT2D eigenvalue weighted by atomic mass is 35.5. The van der Waals surface area contributed by atoms with Gasteiger partial charge in [-0.25, -0.2) is 9.37 Å². The molecule has 5 heteroatoms. The number of piperidine rings is 1. The smallest absolute Gasteiger partial charge is 0.164 e. The summed E-state index contributed by atoms with van der Waals surface area (Å²) in [6.07, 6.45) is 3.30. The summed E-state index contributed by atoms with van der Waals surface area (Å²) in [5.41, 5.74) is 0.337. The van der Waals surface area contributed by atoms with Crippen molar-refractivity contribution < 1.29 is 9.13 Å². The Labute approximate surface area is 118 Å². The van der Waals surface area contributed by atoms with Crippen LogP contribution in [0.2, 0.25) is 5.15 Å². The average molecular weight is 287 g/mol. The lowest BCUT2D eigenvalue weighted by atomic mass is 9.84. The number of likely N-dealkylation sites (tertiary alicyclic amines) is 1. The van der Waals surface area contributed by atoms with E-state index in [2.05, 4.69) is 23.7 Å². The number of methoxy groups -OCH3 is 1. The molecular weight excluding hydrogens is 267 g/mol. The predicted octanol–water partition coefficient (Wildman–Crippen LogP) is 3.22. The molecule has 2 heterocycles. The molecule has 0 saturated carbocycles. The van der Waals surface area contributed by atoms with Crippen molar-refractivity contribution in [3.8, 4) is 0 Å². The molecule has 1 saturated heterocycles. The van der Waals surface area contributed by atoms with Crippen LogP contribution in [-0.2, 0) is 10.3 Å². The van der Waals surface area contributed by atoms with E-state index in [1.807, 2.05) is 0 Å². The second kappa shape index (κ2) is 5.73. The quantitative estimate of drug-likeness (QED) is 0.798. The molecule has 3 nitrogen and oxygen atoms in total. The summed E-state index contributed by atoms with van der Waals surface area (Å²) in [7, 11) is 1.68. The number of rotatable bonds is 3. The second-order valence-electron chi connectivity index (χ2n) is 5.32. The molecule has 19 heavy (non-hydrogen) atoms. The van der Waals surface area contributed by atoms with Crippen molar-refractivity contribution in [2.45, 2.75) is 38.3 Å². The van der Waals surface area contributed by atoms with Crippen molar-refractivity contribution in [3.63, 3.8) is 0 Å². The lowest BCUT2D eigenvalue weighted by Gasteiger charge is -2.42. The van der Waals surface area contributed by atoms with Gasteiger partial charge in [0, 0.05) is 38.0 Å². The molecule has 1 fully saturated rings. The maximum absolute atomic E-state index is 13.6. The Morgan fingerprint density at radius 3 is 2.53 bits per heavy atom. The third-order valence-electron chi connectivity index (χ3n) is 4.05. The number of pyridine rings is 1. The van der Waals surface area contributed by atoms with Gasteiger partial charge in [-0.05, 0) is 32.8 Å². The van der Waals surface area contributed by atoms with Gasteiger partial charge in [-0.2, -0.15) is 0 Å². The molecule has 0 radical (unpaired) electrons. The van der Waals surface area contributed by atoms with E-state index in [0.29, 0.717) is 6.04 Å². The SMILES string of the molecule is COC1(c2cnc(Cl)c(F)c2)CCN(C(C)C)CC1. The summed E-state index contributed by atoms with van der Waals surface area (Å²) >= 11 is 5.64. The number of ether oxygens (including phenoxy) is 1. The standard InChI is InChI=1S/C14H20ClFN2O/c1-10(2)18-6-4-14(19-3,5-7-18)11-8-12(16)13(15)17-9-11/h8-10H,4-7H2,1-3H3. The Hall–Kier alpha value is -0.710. The van der Waals surface area contributed by atoms with Crippen LogP contribution in [0.25, 0.3) is 0 Å². The molecule has 0 atom stereocenters. The van der Waals surface area contributed by atoms with E-state index in [0.717, 1.165) is 31.5 Å². The highest BCUT2D eigenvalue weighted by Gasteiger charge is 2.37. The molecule has 0 aromatic carbocycles. The minimum Gasteiger partial charge on any atom is -0.373 e. The predicted molar refractivity (Wildman–Crippen MR) is 73.8 cm³/mol. The normalized spacial score (nSPS) is 19.9. The number of hydrogen-bond acceptors (Lipinski definition) is 3. The van der Waals surface area contributed by atoms with Crippen LogP contribution in [-0.4, -0.2) is 36.1 Å². The van der Waals surface area contributed by atoms with Gasteiger partial charge in [-0.15, -0.1) is 0 Å². The Bertz CT molecular complexity index is 445. The van der Waals surface area contributed by atoms with Crippen LogP contribution in [0, 0.1) is 5.82 Å². The molecule has 1 aliphatic rings. The van der Waals surface area contributed by atoms with Gasteiger partial charge in [0.05, 0.1) is 5.60 Å². The van der Waals surface area contributed by atoms with Crippen LogP contribution in [0.5, 0.6) is 0 Å². The third kappa shape index (κ3) is 2.91. The molecule has 0 aliphatic carbocycles. The molecule has 106 valence electrons. The Kier molecular flexibility index (Phi) is 4.43. The van der Waals surface area contributed by atoms with E-state index < -0.39 is 11.4 Å². The maximum Gasteiger partial charge on any atom is 0.164 e. The summed E-state index contributed by atoms with van der Waals surface area (Å²) < 4.78 is 19.3. The van der Waals surface area contributed by atoms with E-state index in [-0.39, 0.29) is 5.15 Å². The van der Waals surface area contributed by atoms with Gasteiger partial charge < -0.3 is 9.64 Å². The molecule has 0 spiro atoms. The first-order valence-corrected chi connectivity index (χ1v) is 6.97. The van der Waals surface area contributed by atoms with Gasteiger partial charge >= 0.3 is 0 Å². The van der Waals surface area contributed by atoms with Crippen LogP contribution < -0.4 is 0 Å². The first kappa shape index (κ1) is 14.7. The van der Waals surface area contributed by atoms with Crippen LogP contribution in [0.4, 0.5) is 4.39 Å². The van der Waals surface area contributed by atoms with E-state index in [1.54, 1.807) is 13.3 Å². The highest BCUT2D eigenvalue weighted by Crippen LogP contribution is 2.37. The van der Waals surface area contributed by atoms with Crippen LogP contribution >= 0.6 is 11.6 Å². The van der Waals surface area contributed by atoms with E-state index in [1.165, 1.54) is 6.07 Å². The van der Waals surface area contributed by atoms with Gasteiger partial charge in [-0.1, -0.05) is 11.6 Å². The molecule has 1 aliphatic heterocycles. The molecule has 1 aromatic heterocycles. The first-order chi connectivity index (χ1) is 8.98. The van der Waals surface area contributed by atoms with Crippen LogP contribution in [0.3, 0.4) is 0 Å². The zero-order valence-electron chi connectivity index (χ0n) is 11.6. The van der Waals surface area contributed by atoms with Gasteiger partial charge in [-0.3, -0.25) is 0 Å². The monoisotopic (exact) mass is 286 g/mol. The summed E-state index contributed by atoms with van der Waals surface area (Å²) in [6, 6.07) is 1.97. The van der Waals surface area contributed by atoms with E-state index >= 15 is 0 Å². The zero-order chi connectivity index (χ0) is 14.0. The number of halogens is 2. The Balaban J connectivity index is 2.22. The van der Waals surface area contributed by atoms with Crippen molar-refractivity contribution in [2.75, 3.05) is 20.2 Å². The molecule has 0 amide bonds. The number of hydrogen-bond donors (Lipinski definition) is 0. The van der Waals surface area contributed by atoms with Gasteiger partial charge in [0.25, 0.3) is 0 Å². The summed E-state index contributed by atoms with van der Waals surface area (Å²) in [5, 5.41) is -0.0883. The Morgan fingerprint density at radius 2 is 2.05 bits per heavy atom. The van der Waals surface area contributed by atoms with Crippen molar-refractivity contribution >= 4 is 11.6 Å². The lowest BCUT2D eigenvalue weighted by Crippen LogP contribution is -2.46. The van der Waals surface area contributed by atoms with Crippen molar-refractivity contribution in [1.82, 2.24) is 9.88 Å². The van der Waals surface area contributed by atoms with Crippen LogP contribution in [0.1, 0.15) is 32.3 Å². The Morgan fingerprint density at radius 1 is 1.42 bits per heavy atom. The largest absolute Gasteiger partial charge is 0.373 e. The van der Waals surface area contributed by atoms with Crippen LogP contribution in [0.15, 0.2) is 12.3 Å². The first-order valence-electron chi connectivity index (χ1n) is 6.59. The molecule has 2 rings (SSSR count). The minimum absolute atomic E-state index is 0.0883. The lowest BCUT2D eigenvalue weighted by molar-refractivity contribution is -0.0673. The fourth-order valence-corrected chi connectivity index (χ4v) is 2.79. The molecular formula is C14H20ClFN2O. The van der Waals surface area contributed by atoms with Crippen molar-refractivity contribution in [3.05, 3.63) is 28.8 Å². The molecule has 0 bridgehead atoms. The molecule has 0 N–H and O–H groups in total. The summed E-state index contributed by atoms with van der Waals surface area (Å²) in [4.78, 5) is 6.30. The second-order valence-corrected chi connectivity index (χ2v) is 5.68. The fourth-order valence-electron chi connectivity index (χ4n) is 2.68. The van der Waals surface area contributed by atoms with E-state index in [9.17, 15) is 4.39 Å². The van der Waals surface area contributed by atoms with E-state index in [4.69, 9.17) is 16.3 Å². The fraction of sp³-hybridized carbons (Fsp3) is 0.643. The van der Waals surface area contributed by atoms with Gasteiger partial charge in [0.1, 0.15) is 0 Å². The topological polar surface area (TPSA) is 25.4 Å². The summed E-state index contributed by atoms with van der Waals surface area (Å²) in [5.74, 6) is -0.484. The zero-order valence-corrected chi connectivity index (χ0v) is 12.4. The summed E-state index contributed by atoms with van der Waals surface area (Å²) in [6.45, 7) is 6.25.